The van der Waals surface area contributed by atoms with Gasteiger partial charge in [-0.05, 0) is 23.3 Å². The third-order valence-electron chi connectivity index (χ3n) is 3.44. The zero-order valence-corrected chi connectivity index (χ0v) is 12.6. The lowest BCUT2D eigenvalue weighted by Crippen LogP contribution is -1.91. The van der Waals surface area contributed by atoms with Crippen molar-refractivity contribution in [1.82, 2.24) is 15.0 Å². The van der Waals surface area contributed by atoms with Gasteiger partial charge in [0.2, 0.25) is 0 Å². The predicted molar refractivity (Wildman–Crippen MR) is 90.7 cm³/mol. The lowest BCUT2D eigenvalue weighted by Gasteiger charge is -2.00. The van der Waals surface area contributed by atoms with E-state index in [-0.39, 0.29) is 0 Å². The van der Waals surface area contributed by atoms with Crippen molar-refractivity contribution in [3.63, 3.8) is 0 Å². The number of hydrogen-bond donors (Lipinski definition) is 2. The van der Waals surface area contributed by atoms with Gasteiger partial charge in [0.1, 0.15) is 5.82 Å². The highest BCUT2D eigenvalue weighted by molar-refractivity contribution is 7.22. The molecule has 3 heterocycles. The molecule has 4 rings (SSSR count). The molecular formula is C17H14N4S. The van der Waals surface area contributed by atoms with Crippen LogP contribution in [-0.2, 0) is 6.42 Å². The van der Waals surface area contributed by atoms with Gasteiger partial charge in [0, 0.05) is 18.8 Å². The number of pyridine rings is 1. The first kappa shape index (κ1) is 13.0. The van der Waals surface area contributed by atoms with Gasteiger partial charge in [-0.3, -0.25) is 0 Å². The number of thiazole rings is 1. The van der Waals surface area contributed by atoms with Crippen molar-refractivity contribution >= 4 is 32.6 Å². The summed E-state index contributed by atoms with van der Waals surface area (Å²) in [6, 6.07) is 16.3. The van der Waals surface area contributed by atoms with Crippen LogP contribution in [0.15, 0.2) is 60.9 Å². The highest BCUT2D eigenvalue weighted by Crippen LogP contribution is 2.31. The van der Waals surface area contributed by atoms with Crippen LogP contribution in [0.25, 0.3) is 10.3 Å². The molecule has 1 aromatic carbocycles. The van der Waals surface area contributed by atoms with E-state index in [1.54, 1.807) is 17.5 Å². The second-order valence-corrected chi connectivity index (χ2v) is 6.01. The van der Waals surface area contributed by atoms with Crippen LogP contribution in [0, 0.1) is 0 Å². The first-order chi connectivity index (χ1) is 10.9. The summed E-state index contributed by atoms with van der Waals surface area (Å²) >= 11 is 1.65. The average molecular weight is 306 g/mol. The molecule has 0 aliphatic rings. The molecule has 5 heteroatoms. The standard InChI is InChI=1S/C17H14N4S/c1-2-6-12(7-3-1)10-13-11-19-16-15(13)22-17(21-16)20-14-8-4-5-9-18-14/h1-9,11,19H,10H2,(H,18,20,21). The number of aromatic amines is 1. The summed E-state index contributed by atoms with van der Waals surface area (Å²) < 4.78 is 1.20. The van der Waals surface area contributed by atoms with Crippen molar-refractivity contribution in [2.24, 2.45) is 0 Å². The molecule has 0 aliphatic carbocycles. The molecule has 0 saturated carbocycles. The molecule has 0 radical (unpaired) electrons. The Labute approximate surface area is 131 Å². The fraction of sp³-hybridized carbons (Fsp3) is 0.0588. The lowest BCUT2D eigenvalue weighted by atomic mass is 10.1. The summed E-state index contributed by atoms with van der Waals surface area (Å²) in [4.78, 5) is 12.1. The van der Waals surface area contributed by atoms with E-state index >= 15 is 0 Å². The van der Waals surface area contributed by atoms with Gasteiger partial charge in [0.15, 0.2) is 10.8 Å². The summed E-state index contributed by atoms with van der Waals surface area (Å²) in [6.07, 6.45) is 4.72. The van der Waals surface area contributed by atoms with Crippen LogP contribution in [0.4, 0.5) is 10.9 Å². The van der Waals surface area contributed by atoms with Crippen molar-refractivity contribution in [3.8, 4) is 0 Å². The zero-order chi connectivity index (χ0) is 14.8. The summed E-state index contributed by atoms with van der Waals surface area (Å²) in [6.45, 7) is 0. The number of rotatable bonds is 4. The van der Waals surface area contributed by atoms with Crippen LogP contribution in [0.2, 0.25) is 0 Å². The van der Waals surface area contributed by atoms with E-state index in [1.165, 1.54) is 15.8 Å². The number of benzene rings is 1. The summed E-state index contributed by atoms with van der Waals surface area (Å²) in [5.41, 5.74) is 3.50. The van der Waals surface area contributed by atoms with E-state index < -0.39 is 0 Å². The van der Waals surface area contributed by atoms with Crippen molar-refractivity contribution in [2.45, 2.75) is 6.42 Å². The number of fused-ring (bicyclic) bond motifs is 1. The molecule has 0 aliphatic heterocycles. The van der Waals surface area contributed by atoms with Gasteiger partial charge in [0.05, 0.1) is 4.70 Å². The second kappa shape index (κ2) is 5.61. The maximum Gasteiger partial charge on any atom is 0.190 e. The molecule has 22 heavy (non-hydrogen) atoms. The highest BCUT2D eigenvalue weighted by atomic mass is 32.1. The highest BCUT2D eigenvalue weighted by Gasteiger charge is 2.11. The molecule has 2 N–H and O–H groups in total. The molecule has 0 atom stereocenters. The predicted octanol–water partition coefficient (Wildman–Crippen LogP) is 4.35. The van der Waals surface area contributed by atoms with Gasteiger partial charge >= 0.3 is 0 Å². The van der Waals surface area contributed by atoms with Crippen molar-refractivity contribution < 1.29 is 0 Å². The third kappa shape index (κ3) is 2.58. The number of nitrogens with one attached hydrogen (secondary N) is 2. The maximum atomic E-state index is 4.58. The van der Waals surface area contributed by atoms with E-state index in [1.807, 2.05) is 30.5 Å². The first-order valence-corrected chi connectivity index (χ1v) is 7.89. The Balaban J connectivity index is 1.62. The largest absolute Gasteiger partial charge is 0.345 e. The molecule has 0 bridgehead atoms. The molecule has 0 fully saturated rings. The molecule has 0 unspecified atom stereocenters. The summed E-state index contributed by atoms with van der Waals surface area (Å²) in [5.74, 6) is 0.809. The minimum absolute atomic E-state index is 0.809. The van der Waals surface area contributed by atoms with Gasteiger partial charge in [-0.1, -0.05) is 47.7 Å². The Kier molecular flexibility index (Phi) is 3.33. The van der Waals surface area contributed by atoms with Crippen LogP contribution in [0.3, 0.4) is 0 Å². The summed E-state index contributed by atoms with van der Waals surface area (Å²) in [5, 5.41) is 4.10. The lowest BCUT2D eigenvalue weighted by molar-refractivity contribution is 1.21. The SMILES string of the molecule is c1ccc(Cc2c[nH]c3nc(Nc4ccccn4)sc23)cc1. The van der Waals surface area contributed by atoms with E-state index in [9.17, 15) is 0 Å². The maximum absolute atomic E-state index is 4.58. The molecule has 108 valence electrons. The topological polar surface area (TPSA) is 53.6 Å². The van der Waals surface area contributed by atoms with Crippen LogP contribution in [-0.4, -0.2) is 15.0 Å². The molecule has 0 spiro atoms. The quantitative estimate of drug-likeness (QED) is 0.589. The fourth-order valence-electron chi connectivity index (χ4n) is 2.40. The molecule has 0 amide bonds. The Morgan fingerprint density at radius 2 is 1.91 bits per heavy atom. The van der Waals surface area contributed by atoms with Crippen molar-refractivity contribution in [3.05, 3.63) is 72.1 Å². The van der Waals surface area contributed by atoms with Crippen LogP contribution >= 0.6 is 11.3 Å². The van der Waals surface area contributed by atoms with E-state index in [4.69, 9.17) is 0 Å². The van der Waals surface area contributed by atoms with E-state index in [0.717, 1.165) is 23.0 Å². The summed E-state index contributed by atoms with van der Waals surface area (Å²) in [7, 11) is 0. The zero-order valence-electron chi connectivity index (χ0n) is 11.8. The van der Waals surface area contributed by atoms with Gasteiger partial charge in [-0.2, -0.15) is 0 Å². The smallest absolute Gasteiger partial charge is 0.190 e. The number of hydrogen-bond acceptors (Lipinski definition) is 4. The van der Waals surface area contributed by atoms with Crippen molar-refractivity contribution in [1.29, 1.82) is 0 Å². The molecule has 0 saturated heterocycles. The second-order valence-electron chi connectivity index (χ2n) is 5.01. The first-order valence-electron chi connectivity index (χ1n) is 7.07. The normalized spacial score (nSPS) is 10.9. The Morgan fingerprint density at radius 3 is 2.73 bits per heavy atom. The number of H-pyrrole nitrogens is 1. The van der Waals surface area contributed by atoms with Gasteiger partial charge in [-0.25, -0.2) is 9.97 Å². The minimum Gasteiger partial charge on any atom is -0.345 e. The van der Waals surface area contributed by atoms with Crippen LogP contribution in [0.5, 0.6) is 0 Å². The van der Waals surface area contributed by atoms with Crippen LogP contribution < -0.4 is 5.32 Å². The number of anilines is 2. The van der Waals surface area contributed by atoms with E-state index in [2.05, 4.69) is 44.5 Å². The fourth-order valence-corrected chi connectivity index (χ4v) is 3.35. The monoisotopic (exact) mass is 306 g/mol. The Bertz CT molecular complexity index is 881. The van der Waals surface area contributed by atoms with Crippen LogP contribution in [0.1, 0.15) is 11.1 Å². The van der Waals surface area contributed by atoms with E-state index in [0.29, 0.717) is 0 Å². The molecular weight excluding hydrogens is 292 g/mol. The average Bonchev–Trinajstić information content (AvgIpc) is 3.11. The van der Waals surface area contributed by atoms with Crippen molar-refractivity contribution in [2.75, 3.05) is 5.32 Å². The third-order valence-corrected chi connectivity index (χ3v) is 4.49. The molecule has 4 aromatic rings. The van der Waals surface area contributed by atoms with Gasteiger partial charge in [0.25, 0.3) is 0 Å². The minimum atomic E-state index is 0.809. The van der Waals surface area contributed by atoms with Gasteiger partial charge in [-0.15, -0.1) is 0 Å². The Morgan fingerprint density at radius 1 is 1.05 bits per heavy atom. The number of aromatic nitrogens is 3. The Hall–Kier alpha value is -2.66. The molecule has 4 nitrogen and oxygen atoms in total. The van der Waals surface area contributed by atoms with Gasteiger partial charge < -0.3 is 10.3 Å². The number of nitrogens with zero attached hydrogens (tertiary/aromatic N) is 2. The molecule has 3 aromatic heterocycles.